The fourth-order valence-corrected chi connectivity index (χ4v) is 1.99. The van der Waals surface area contributed by atoms with Crippen LogP contribution in [-0.2, 0) is 4.79 Å². The number of benzene rings is 1. The van der Waals surface area contributed by atoms with Crippen molar-refractivity contribution in [2.75, 3.05) is 25.0 Å². The zero-order valence-electron chi connectivity index (χ0n) is 9.41. The van der Waals surface area contributed by atoms with Crippen molar-refractivity contribution in [1.82, 2.24) is 4.90 Å². The first kappa shape index (κ1) is 11.1. The predicted molar refractivity (Wildman–Crippen MR) is 64.2 cm³/mol. The second-order valence-corrected chi connectivity index (χ2v) is 4.17. The van der Waals surface area contributed by atoms with Crippen LogP contribution in [-0.4, -0.2) is 30.4 Å². The molecule has 0 unspecified atom stereocenters. The van der Waals surface area contributed by atoms with E-state index in [1.165, 1.54) is 19.3 Å². The molecule has 1 heterocycles. The van der Waals surface area contributed by atoms with Gasteiger partial charge in [-0.05, 0) is 44.1 Å². The van der Waals surface area contributed by atoms with Crippen molar-refractivity contribution < 1.29 is 4.79 Å². The van der Waals surface area contributed by atoms with Crippen LogP contribution in [0.2, 0.25) is 0 Å². The van der Waals surface area contributed by atoms with Crippen molar-refractivity contribution in [3.8, 4) is 0 Å². The van der Waals surface area contributed by atoms with E-state index in [1.807, 2.05) is 12.1 Å². The highest BCUT2D eigenvalue weighted by Gasteiger charge is 2.13. The molecule has 1 aliphatic rings. The number of nitrogens with zero attached hydrogens (tertiary/aromatic N) is 1. The van der Waals surface area contributed by atoms with Gasteiger partial charge in [0.15, 0.2) is 0 Å². The summed E-state index contributed by atoms with van der Waals surface area (Å²) in [6, 6.07) is 10.2. The van der Waals surface area contributed by atoms with Gasteiger partial charge in [0.05, 0.1) is 6.54 Å². The van der Waals surface area contributed by atoms with Crippen LogP contribution in [0.3, 0.4) is 0 Å². The molecule has 1 aromatic rings. The summed E-state index contributed by atoms with van der Waals surface area (Å²) in [5.74, 6) is 0.0769. The lowest BCUT2D eigenvalue weighted by Gasteiger charge is -2.25. The molecule has 0 aliphatic carbocycles. The molecule has 0 aromatic heterocycles. The van der Waals surface area contributed by atoms with Gasteiger partial charge in [-0.25, -0.2) is 0 Å². The van der Waals surface area contributed by atoms with Crippen LogP contribution in [0.5, 0.6) is 0 Å². The Labute approximate surface area is 96.5 Å². The van der Waals surface area contributed by atoms with Crippen LogP contribution < -0.4 is 5.32 Å². The number of carbonyl (C=O) groups is 1. The molecule has 1 amide bonds. The Morgan fingerprint density at radius 3 is 2.62 bits per heavy atom. The zero-order valence-corrected chi connectivity index (χ0v) is 9.41. The van der Waals surface area contributed by atoms with Crippen LogP contribution >= 0.6 is 0 Å². The van der Waals surface area contributed by atoms with Crippen molar-refractivity contribution in [2.24, 2.45) is 0 Å². The Kier molecular flexibility index (Phi) is 3.94. The minimum Gasteiger partial charge on any atom is -0.325 e. The third kappa shape index (κ3) is 3.35. The lowest BCUT2D eigenvalue weighted by molar-refractivity contribution is -0.117. The van der Waals surface area contributed by atoms with Gasteiger partial charge >= 0.3 is 0 Å². The molecule has 0 spiro atoms. The average Bonchev–Trinajstić information content (AvgIpc) is 2.31. The lowest BCUT2D eigenvalue weighted by atomic mass is 10.1. The molecule has 16 heavy (non-hydrogen) atoms. The van der Waals surface area contributed by atoms with E-state index < -0.39 is 0 Å². The first-order chi connectivity index (χ1) is 7.84. The summed E-state index contributed by atoms with van der Waals surface area (Å²) in [4.78, 5) is 13.9. The molecule has 3 nitrogen and oxygen atoms in total. The second-order valence-electron chi connectivity index (χ2n) is 4.17. The minimum atomic E-state index is 0.0769. The molecule has 0 saturated carbocycles. The van der Waals surface area contributed by atoms with E-state index in [-0.39, 0.29) is 5.91 Å². The van der Waals surface area contributed by atoms with E-state index in [0.29, 0.717) is 6.54 Å². The monoisotopic (exact) mass is 217 g/mol. The maximum atomic E-state index is 11.7. The molecular weight excluding hydrogens is 200 g/mol. The Bertz CT molecular complexity index is 331. The maximum Gasteiger partial charge on any atom is 0.238 e. The maximum absolute atomic E-state index is 11.7. The Hall–Kier alpha value is -1.35. The van der Waals surface area contributed by atoms with Gasteiger partial charge in [-0.2, -0.15) is 0 Å². The fourth-order valence-electron chi connectivity index (χ4n) is 1.99. The molecule has 85 valence electrons. The molecule has 1 aromatic carbocycles. The predicted octanol–water partition coefficient (Wildman–Crippen LogP) is 1.91. The van der Waals surface area contributed by atoms with Gasteiger partial charge in [0.2, 0.25) is 5.91 Å². The normalized spacial score (nSPS) is 17.0. The van der Waals surface area contributed by atoms with E-state index in [0.717, 1.165) is 18.8 Å². The van der Waals surface area contributed by atoms with E-state index in [9.17, 15) is 4.79 Å². The quantitative estimate of drug-likeness (QED) is 0.838. The number of hydrogen-bond acceptors (Lipinski definition) is 2. The van der Waals surface area contributed by atoms with E-state index >= 15 is 0 Å². The summed E-state index contributed by atoms with van der Waals surface area (Å²) < 4.78 is 0. The van der Waals surface area contributed by atoms with Crippen molar-refractivity contribution in [3.63, 3.8) is 0 Å². The van der Waals surface area contributed by atoms with Gasteiger partial charge in [-0.15, -0.1) is 0 Å². The number of anilines is 1. The van der Waals surface area contributed by atoms with Gasteiger partial charge < -0.3 is 5.32 Å². The molecule has 1 N–H and O–H groups in total. The average molecular weight is 217 g/mol. The number of likely N-dealkylation sites (tertiary alicyclic amines) is 1. The van der Waals surface area contributed by atoms with Crippen molar-refractivity contribution in [3.05, 3.63) is 30.3 Å². The van der Waals surface area contributed by atoms with Gasteiger partial charge in [0.1, 0.15) is 0 Å². The SMILES string of the molecule is O=C(CN1CCCCC1)Nc1cc[c]cc1. The van der Waals surface area contributed by atoms with Crippen LogP contribution in [0, 0.1) is 6.07 Å². The van der Waals surface area contributed by atoms with E-state index in [4.69, 9.17) is 0 Å². The lowest BCUT2D eigenvalue weighted by Crippen LogP contribution is -2.36. The molecule has 2 rings (SSSR count). The highest BCUT2D eigenvalue weighted by molar-refractivity contribution is 5.92. The summed E-state index contributed by atoms with van der Waals surface area (Å²) in [6.45, 7) is 2.62. The van der Waals surface area contributed by atoms with Crippen LogP contribution in [0.4, 0.5) is 5.69 Å². The summed E-state index contributed by atoms with van der Waals surface area (Å²) in [6.07, 6.45) is 3.73. The number of piperidine rings is 1. The first-order valence-corrected chi connectivity index (χ1v) is 5.83. The number of nitrogens with one attached hydrogen (secondary N) is 1. The van der Waals surface area contributed by atoms with Crippen LogP contribution in [0.15, 0.2) is 24.3 Å². The van der Waals surface area contributed by atoms with Gasteiger partial charge in [0, 0.05) is 5.69 Å². The summed E-state index contributed by atoms with van der Waals surface area (Å²) in [5, 5.41) is 2.89. The number of amides is 1. The van der Waals surface area contributed by atoms with Gasteiger partial charge in [0.25, 0.3) is 0 Å². The zero-order chi connectivity index (χ0) is 11.2. The Balaban J connectivity index is 1.80. The van der Waals surface area contributed by atoms with Crippen LogP contribution in [0.25, 0.3) is 0 Å². The molecule has 0 atom stereocenters. The third-order valence-corrected chi connectivity index (χ3v) is 2.82. The van der Waals surface area contributed by atoms with E-state index in [1.54, 1.807) is 12.1 Å². The first-order valence-electron chi connectivity index (χ1n) is 5.83. The minimum absolute atomic E-state index is 0.0769. The molecule has 3 heteroatoms. The number of rotatable bonds is 3. The van der Waals surface area contributed by atoms with Gasteiger partial charge in [-0.1, -0.05) is 18.6 Å². The largest absolute Gasteiger partial charge is 0.325 e. The van der Waals surface area contributed by atoms with Crippen LogP contribution in [0.1, 0.15) is 19.3 Å². The summed E-state index contributed by atoms with van der Waals surface area (Å²) >= 11 is 0. The summed E-state index contributed by atoms with van der Waals surface area (Å²) in [5.41, 5.74) is 0.848. The molecule has 0 bridgehead atoms. The number of hydrogen-bond donors (Lipinski definition) is 1. The molecule has 1 aliphatic heterocycles. The Morgan fingerprint density at radius 1 is 1.25 bits per heavy atom. The smallest absolute Gasteiger partial charge is 0.238 e. The van der Waals surface area contributed by atoms with Crippen molar-refractivity contribution in [2.45, 2.75) is 19.3 Å². The number of carbonyl (C=O) groups excluding carboxylic acids is 1. The Morgan fingerprint density at radius 2 is 1.94 bits per heavy atom. The van der Waals surface area contributed by atoms with Crippen molar-refractivity contribution in [1.29, 1.82) is 0 Å². The highest BCUT2D eigenvalue weighted by Crippen LogP contribution is 2.09. The topological polar surface area (TPSA) is 32.3 Å². The second kappa shape index (κ2) is 5.66. The highest BCUT2D eigenvalue weighted by atomic mass is 16.2. The van der Waals surface area contributed by atoms with Gasteiger partial charge in [-0.3, -0.25) is 9.69 Å². The molecule has 1 fully saturated rings. The van der Waals surface area contributed by atoms with E-state index in [2.05, 4.69) is 16.3 Å². The molecular formula is C13H17N2O. The summed E-state index contributed by atoms with van der Waals surface area (Å²) in [7, 11) is 0. The molecule has 1 radical (unpaired) electrons. The fraction of sp³-hybridized carbons (Fsp3) is 0.462. The van der Waals surface area contributed by atoms with Crippen molar-refractivity contribution >= 4 is 11.6 Å². The standard InChI is InChI=1S/C13H17N2O/c16-13(11-15-9-5-2-6-10-15)14-12-7-3-1-4-8-12/h3-4,7-8H,2,5-6,9-11H2,(H,14,16). The third-order valence-electron chi connectivity index (χ3n) is 2.82. The molecule has 1 saturated heterocycles.